The number of halogens is 1. The Morgan fingerprint density at radius 1 is 1.18 bits per heavy atom. The number of ether oxygens (including phenoxy) is 1. The van der Waals surface area contributed by atoms with Crippen LogP contribution in [0.4, 0.5) is 4.39 Å². The molecule has 3 rings (SSSR count). The van der Waals surface area contributed by atoms with E-state index >= 15 is 0 Å². The smallest absolute Gasteiger partial charge is 0.270 e. The molecule has 138 valence electrons. The molecule has 0 saturated heterocycles. The van der Waals surface area contributed by atoms with Crippen LogP contribution in [0.2, 0.25) is 0 Å². The van der Waals surface area contributed by atoms with E-state index in [-0.39, 0.29) is 17.7 Å². The molecule has 0 unspecified atom stereocenters. The van der Waals surface area contributed by atoms with Crippen molar-refractivity contribution in [3.8, 4) is 29.1 Å². The zero-order chi connectivity index (χ0) is 20.1. The van der Waals surface area contributed by atoms with Gasteiger partial charge < -0.3 is 9.72 Å². The van der Waals surface area contributed by atoms with Gasteiger partial charge in [-0.05, 0) is 42.7 Å². The highest BCUT2D eigenvalue weighted by molar-refractivity contribution is 7.98. The van der Waals surface area contributed by atoms with Crippen molar-refractivity contribution in [2.75, 3.05) is 6.26 Å². The Kier molecular flexibility index (Phi) is 5.73. The minimum Gasteiger partial charge on any atom is -0.489 e. The number of nitrogens with zero attached hydrogens (tertiary/aromatic N) is 3. The lowest BCUT2D eigenvalue weighted by molar-refractivity contribution is 0.300. The van der Waals surface area contributed by atoms with Crippen LogP contribution in [0, 0.1) is 28.5 Å². The molecule has 0 fully saturated rings. The number of nitrogens with one attached hydrogen (secondary N) is 1. The molecule has 1 N–H and O–H groups in total. The second kappa shape index (κ2) is 8.38. The van der Waals surface area contributed by atoms with Gasteiger partial charge in [0, 0.05) is 11.1 Å². The Hall–Kier alpha value is -3.62. The van der Waals surface area contributed by atoms with E-state index in [9.17, 15) is 14.4 Å². The fourth-order valence-corrected chi connectivity index (χ4v) is 2.84. The standard InChI is InChI=1S/C20H13FN4O2S/c1-28-20-24-18(16(10-23)19(26)25-20)13-4-6-15(7-5-13)27-11-14-3-2-12(9-22)8-17(14)21/h2-8H,11H2,1H3,(H,24,25,26). The Bertz CT molecular complexity index is 1160. The first-order valence-corrected chi connectivity index (χ1v) is 9.28. The summed E-state index contributed by atoms with van der Waals surface area (Å²) >= 11 is 1.27. The monoisotopic (exact) mass is 392 g/mol. The van der Waals surface area contributed by atoms with Gasteiger partial charge in [0.1, 0.15) is 29.8 Å². The molecule has 1 aromatic heterocycles. The number of nitriles is 2. The molecule has 0 amide bonds. The summed E-state index contributed by atoms with van der Waals surface area (Å²) in [6, 6.07) is 14.6. The summed E-state index contributed by atoms with van der Waals surface area (Å²) in [4.78, 5) is 18.9. The Balaban J connectivity index is 1.81. The van der Waals surface area contributed by atoms with E-state index in [0.717, 1.165) is 6.07 Å². The zero-order valence-corrected chi connectivity index (χ0v) is 15.5. The van der Waals surface area contributed by atoms with Crippen LogP contribution in [-0.4, -0.2) is 16.2 Å². The van der Waals surface area contributed by atoms with Crippen LogP contribution in [0.15, 0.2) is 52.4 Å². The van der Waals surface area contributed by atoms with Crippen molar-refractivity contribution in [2.45, 2.75) is 11.8 Å². The van der Waals surface area contributed by atoms with Crippen LogP contribution in [0.1, 0.15) is 16.7 Å². The third kappa shape index (κ3) is 4.03. The normalized spacial score (nSPS) is 10.1. The summed E-state index contributed by atoms with van der Waals surface area (Å²) in [7, 11) is 0. The van der Waals surface area contributed by atoms with Crippen LogP contribution < -0.4 is 10.3 Å². The van der Waals surface area contributed by atoms with Gasteiger partial charge >= 0.3 is 0 Å². The molecule has 8 heteroatoms. The maximum Gasteiger partial charge on any atom is 0.270 e. The quantitative estimate of drug-likeness (QED) is 0.525. The summed E-state index contributed by atoms with van der Waals surface area (Å²) < 4.78 is 19.5. The van der Waals surface area contributed by atoms with Gasteiger partial charge in [0.2, 0.25) is 0 Å². The van der Waals surface area contributed by atoms with E-state index in [2.05, 4.69) is 9.97 Å². The maximum atomic E-state index is 13.9. The van der Waals surface area contributed by atoms with Gasteiger partial charge in [0.15, 0.2) is 5.16 Å². The van der Waals surface area contributed by atoms with Crippen molar-refractivity contribution in [2.24, 2.45) is 0 Å². The highest BCUT2D eigenvalue weighted by Crippen LogP contribution is 2.24. The molecule has 0 aliphatic carbocycles. The van der Waals surface area contributed by atoms with Crippen LogP contribution in [-0.2, 0) is 6.61 Å². The first-order chi connectivity index (χ1) is 13.5. The number of aromatic amines is 1. The molecule has 2 aromatic carbocycles. The van der Waals surface area contributed by atoms with Gasteiger partial charge in [0.25, 0.3) is 5.56 Å². The lowest BCUT2D eigenvalue weighted by atomic mass is 10.1. The van der Waals surface area contributed by atoms with Gasteiger partial charge in [-0.1, -0.05) is 17.8 Å². The molecule has 0 bridgehead atoms. The molecule has 0 atom stereocenters. The molecule has 0 radical (unpaired) electrons. The van der Waals surface area contributed by atoms with Gasteiger partial charge in [-0.2, -0.15) is 10.5 Å². The third-order valence-corrected chi connectivity index (χ3v) is 4.49. The minimum atomic E-state index is -0.508. The second-order valence-electron chi connectivity index (χ2n) is 5.64. The number of rotatable bonds is 5. The van der Waals surface area contributed by atoms with Crippen molar-refractivity contribution < 1.29 is 9.13 Å². The summed E-state index contributed by atoms with van der Waals surface area (Å²) in [5.74, 6) is -0.0208. The lowest BCUT2D eigenvalue weighted by Gasteiger charge is -2.09. The maximum absolute atomic E-state index is 13.9. The Morgan fingerprint density at radius 2 is 1.93 bits per heavy atom. The molecule has 3 aromatic rings. The topological polar surface area (TPSA) is 103 Å². The van der Waals surface area contributed by atoms with Crippen LogP contribution >= 0.6 is 11.8 Å². The van der Waals surface area contributed by atoms with Gasteiger partial charge in [0.05, 0.1) is 17.3 Å². The minimum absolute atomic E-state index is 0.000210. The zero-order valence-electron chi connectivity index (χ0n) is 14.7. The van der Waals surface area contributed by atoms with Crippen molar-refractivity contribution in [3.63, 3.8) is 0 Å². The lowest BCUT2D eigenvalue weighted by Crippen LogP contribution is -2.14. The number of H-pyrrole nitrogens is 1. The number of aromatic nitrogens is 2. The summed E-state index contributed by atoms with van der Waals surface area (Å²) in [5, 5.41) is 18.4. The second-order valence-corrected chi connectivity index (χ2v) is 6.44. The van der Waals surface area contributed by atoms with Crippen molar-refractivity contribution in [1.82, 2.24) is 9.97 Å². The predicted octanol–water partition coefficient (Wildman–Crippen LogP) is 3.62. The molecule has 0 spiro atoms. The number of hydrogen-bond donors (Lipinski definition) is 1. The van der Waals surface area contributed by atoms with Gasteiger partial charge in [-0.3, -0.25) is 4.79 Å². The van der Waals surface area contributed by atoms with E-state index in [1.807, 2.05) is 12.1 Å². The Labute approximate surface area is 164 Å². The summed E-state index contributed by atoms with van der Waals surface area (Å²) in [5.41, 5.74) is 0.902. The fourth-order valence-electron chi connectivity index (χ4n) is 2.47. The predicted molar refractivity (Wildman–Crippen MR) is 102 cm³/mol. The van der Waals surface area contributed by atoms with E-state index in [0.29, 0.717) is 27.7 Å². The van der Waals surface area contributed by atoms with E-state index in [1.54, 1.807) is 30.5 Å². The van der Waals surface area contributed by atoms with E-state index < -0.39 is 11.4 Å². The third-order valence-electron chi connectivity index (χ3n) is 3.91. The first kappa shape index (κ1) is 19.2. The van der Waals surface area contributed by atoms with E-state index in [4.69, 9.17) is 10.00 Å². The molecule has 0 aliphatic heterocycles. The molecule has 0 saturated carbocycles. The SMILES string of the molecule is CSc1nc(-c2ccc(OCc3ccc(C#N)cc3F)cc2)c(C#N)c(=O)[nH]1. The molecule has 1 heterocycles. The van der Waals surface area contributed by atoms with Crippen molar-refractivity contribution in [3.05, 3.63) is 75.3 Å². The van der Waals surface area contributed by atoms with Crippen molar-refractivity contribution >= 4 is 11.8 Å². The number of hydrogen-bond acceptors (Lipinski definition) is 6. The highest BCUT2D eigenvalue weighted by atomic mass is 32.2. The van der Waals surface area contributed by atoms with Crippen LogP contribution in [0.3, 0.4) is 0 Å². The first-order valence-electron chi connectivity index (χ1n) is 8.06. The van der Waals surface area contributed by atoms with Gasteiger partial charge in [-0.15, -0.1) is 0 Å². The van der Waals surface area contributed by atoms with Crippen molar-refractivity contribution in [1.29, 1.82) is 10.5 Å². The highest BCUT2D eigenvalue weighted by Gasteiger charge is 2.13. The molecule has 0 aliphatic rings. The Morgan fingerprint density at radius 3 is 2.54 bits per heavy atom. The molecular weight excluding hydrogens is 379 g/mol. The number of thioether (sulfide) groups is 1. The van der Waals surface area contributed by atoms with Gasteiger partial charge in [-0.25, -0.2) is 9.37 Å². The largest absolute Gasteiger partial charge is 0.489 e. The number of benzene rings is 2. The average molecular weight is 392 g/mol. The average Bonchev–Trinajstić information content (AvgIpc) is 2.72. The fraction of sp³-hybridized carbons (Fsp3) is 0.100. The molecule has 28 heavy (non-hydrogen) atoms. The van der Waals surface area contributed by atoms with E-state index in [1.165, 1.54) is 23.9 Å². The van der Waals surface area contributed by atoms with Crippen LogP contribution in [0.25, 0.3) is 11.3 Å². The molecular formula is C20H13FN4O2S. The summed E-state index contributed by atoms with van der Waals surface area (Å²) in [6.45, 7) is 0.000210. The van der Waals surface area contributed by atoms with Crippen LogP contribution in [0.5, 0.6) is 5.75 Å². The summed E-state index contributed by atoms with van der Waals surface area (Å²) in [6.07, 6.45) is 1.77. The molecule has 6 nitrogen and oxygen atoms in total.